The van der Waals surface area contributed by atoms with Gasteiger partial charge in [-0.15, -0.1) is 0 Å². The molecule has 0 amide bonds. The van der Waals surface area contributed by atoms with Gasteiger partial charge in [0.2, 0.25) is 0 Å². The molecule has 0 saturated heterocycles. The number of allylic oxidation sites excluding steroid dienone is 2. The van der Waals surface area contributed by atoms with Gasteiger partial charge in [-0.3, -0.25) is 0 Å². The number of aliphatic carboxylic acids is 1. The van der Waals surface area contributed by atoms with Crippen LogP contribution in [0.15, 0.2) is 30.4 Å². The van der Waals surface area contributed by atoms with E-state index in [2.05, 4.69) is 13.8 Å². The molecule has 0 spiro atoms. The summed E-state index contributed by atoms with van der Waals surface area (Å²) in [5.41, 5.74) is 4.44. The zero-order chi connectivity index (χ0) is 15.6. The summed E-state index contributed by atoms with van der Waals surface area (Å²) in [6.07, 6.45) is 6.86. The monoisotopic (exact) mass is 286 g/mol. The van der Waals surface area contributed by atoms with Crippen molar-refractivity contribution in [1.29, 1.82) is 0 Å². The molecule has 0 saturated carbocycles. The van der Waals surface area contributed by atoms with Crippen molar-refractivity contribution in [2.75, 3.05) is 0 Å². The first-order chi connectivity index (χ1) is 9.91. The molecule has 3 heteroatoms. The highest BCUT2D eigenvalue weighted by Gasteiger charge is 2.30. The van der Waals surface area contributed by atoms with Crippen LogP contribution in [0.25, 0.3) is 6.08 Å². The number of carboxylic acid groups (broad SMARTS) is 1. The van der Waals surface area contributed by atoms with Crippen molar-refractivity contribution in [3.05, 3.63) is 52.6 Å². The van der Waals surface area contributed by atoms with Gasteiger partial charge >= 0.3 is 5.97 Å². The lowest BCUT2D eigenvalue weighted by Gasteiger charge is -2.33. The van der Waals surface area contributed by atoms with E-state index in [1.807, 2.05) is 25.1 Å². The zero-order valence-electron chi connectivity index (χ0n) is 12.7. The highest BCUT2D eigenvalue weighted by Crippen LogP contribution is 2.43. The minimum Gasteiger partial charge on any atom is -0.478 e. The lowest BCUT2D eigenvalue weighted by atomic mass is 9.74. The fourth-order valence-electron chi connectivity index (χ4n) is 3.19. The second kappa shape index (κ2) is 6.27. The average Bonchev–Trinajstić information content (AvgIpc) is 2.42. The largest absolute Gasteiger partial charge is 0.478 e. The summed E-state index contributed by atoms with van der Waals surface area (Å²) in [5, 5.41) is 19.0. The van der Waals surface area contributed by atoms with E-state index in [1.165, 1.54) is 11.6 Å². The molecule has 1 aliphatic rings. The van der Waals surface area contributed by atoms with Crippen LogP contribution in [0.5, 0.6) is 0 Å². The van der Waals surface area contributed by atoms with Gasteiger partial charge in [-0.1, -0.05) is 44.2 Å². The first-order valence-electron chi connectivity index (χ1n) is 7.31. The standard InChI is InChI=1S/C18H22O3/c1-11-8-9-15-17(12(2)10-13(3)18(15)21)14(11)6-4-5-7-16(19)20/h4-9,12-13,18,21H,10H2,1-3H3,(H,19,20)/b6-4+,7-5+/t12-,13-,18+/m0/s1. The molecule has 0 aliphatic heterocycles. The van der Waals surface area contributed by atoms with Crippen molar-refractivity contribution in [1.82, 2.24) is 0 Å². The lowest BCUT2D eigenvalue weighted by Crippen LogP contribution is -2.21. The average molecular weight is 286 g/mol. The zero-order valence-corrected chi connectivity index (χ0v) is 12.7. The highest BCUT2D eigenvalue weighted by molar-refractivity contribution is 5.80. The Kier molecular flexibility index (Phi) is 4.63. The molecule has 0 aromatic heterocycles. The number of aliphatic hydroxyl groups excluding tert-OH is 1. The van der Waals surface area contributed by atoms with Gasteiger partial charge < -0.3 is 10.2 Å². The predicted molar refractivity (Wildman–Crippen MR) is 84.1 cm³/mol. The topological polar surface area (TPSA) is 57.5 Å². The minimum absolute atomic E-state index is 0.263. The maximum atomic E-state index is 10.5. The smallest absolute Gasteiger partial charge is 0.328 e. The summed E-state index contributed by atoms with van der Waals surface area (Å²) in [6, 6.07) is 4.04. The number of rotatable bonds is 3. The van der Waals surface area contributed by atoms with Crippen LogP contribution in [-0.4, -0.2) is 16.2 Å². The van der Waals surface area contributed by atoms with Gasteiger partial charge in [-0.2, -0.15) is 0 Å². The summed E-state index contributed by atoms with van der Waals surface area (Å²) in [4.78, 5) is 10.5. The van der Waals surface area contributed by atoms with E-state index >= 15 is 0 Å². The molecule has 2 N–H and O–H groups in total. The SMILES string of the molecule is Cc1ccc2c(c1/C=C/C=C/C(=O)O)[C@@H](C)C[C@H](C)[C@H]2O. The third-order valence-electron chi connectivity index (χ3n) is 4.23. The molecule has 112 valence electrons. The Morgan fingerprint density at radius 1 is 1.29 bits per heavy atom. The molecule has 1 aliphatic carbocycles. The van der Waals surface area contributed by atoms with Crippen molar-refractivity contribution < 1.29 is 15.0 Å². The van der Waals surface area contributed by atoms with Gasteiger partial charge in [-0.05, 0) is 47.4 Å². The maximum absolute atomic E-state index is 10.5. The van der Waals surface area contributed by atoms with Gasteiger partial charge in [-0.25, -0.2) is 4.79 Å². The number of aryl methyl sites for hydroxylation is 1. The van der Waals surface area contributed by atoms with Crippen LogP contribution in [-0.2, 0) is 4.79 Å². The quantitative estimate of drug-likeness (QED) is 0.656. The third-order valence-corrected chi connectivity index (χ3v) is 4.23. The van der Waals surface area contributed by atoms with E-state index in [0.717, 1.165) is 29.2 Å². The number of aliphatic hydroxyl groups is 1. The van der Waals surface area contributed by atoms with Crippen molar-refractivity contribution in [2.24, 2.45) is 5.92 Å². The maximum Gasteiger partial charge on any atom is 0.328 e. The molecule has 0 bridgehead atoms. The molecular formula is C18H22O3. The second-order valence-corrected chi connectivity index (χ2v) is 5.91. The Morgan fingerprint density at radius 3 is 2.67 bits per heavy atom. The molecule has 3 nitrogen and oxygen atoms in total. The molecule has 1 aromatic carbocycles. The van der Waals surface area contributed by atoms with Crippen LogP contribution in [0.1, 0.15) is 54.5 Å². The van der Waals surface area contributed by atoms with Crippen molar-refractivity contribution in [3.63, 3.8) is 0 Å². The van der Waals surface area contributed by atoms with Crippen LogP contribution in [0, 0.1) is 12.8 Å². The van der Waals surface area contributed by atoms with Crippen molar-refractivity contribution >= 4 is 12.0 Å². The molecule has 0 radical (unpaired) electrons. The molecule has 2 rings (SSSR count). The Balaban J connectivity index is 2.45. The number of carbonyl (C=O) groups is 1. The number of hydrogen-bond acceptors (Lipinski definition) is 2. The van der Waals surface area contributed by atoms with Crippen LogP contribution in [0.2, 0.25) is 0 Å². The van der Waals surface area contributed by atoms with Crippen molar-refractivity contribution in [2.45, 2.75) is 39.2 Å². The Bertz CT molecular complexity index is 599. The van der Waals surface area contributed by atoms with Crippen LogP contribution < -0.4 is 0 Å². The summed E-state index contributed by atoms with van der Waals surface area (Å²) in [7, 11) is 0. The third kappa shape index (κ3) is 3.24. The molecule has 0 fully saturated rings. The predicted octanol–water partition coefficient (Wildman–Crippen LogP) is 3.83. The van der Waals surface area contributed by atoms with Gasteiger partial charge in [0, 0.05) is 6.08 Å². The lowest BCUT2D eigenvalue weighted by molar-refractivity contribution is -0.131. The first-order valence-corrected chi connectivity index (χ1v) is 7.31. The summed E-state index contributed by atoms with van der Waals surface area (Å²) < 4.78 is 0. The van der Waals surface area contributed by atoms with Gasteiger partial charge in [0.25, 0.3) is 0 Å². The van der Waals surface area contributed by atoms with E-state index in [1.54, 1.807) is 6.08 Å². The van der Waals surface area contributed by atoms with E-state index < -0.39 is 12.1 Å². The number of carboxylic acids is 1. The van der Waals surface area contributed by atoms with E-state index in [-0.39, 0.29) is 5.92 Å². The van der Waals surface area contributed by atoms with Gasteiger partial charge in [0.1, 0.15) is 0 Å². The number of benzene rings is 1. The normalized spacial score (nSPS) is 25.4. The van der Waals surface area contributed by atoms with Gasteiger partial charge in [0.05, 0.1) is 6.10 Å². The Labute approximate surface area is 125 Å². The summed E-state index contributed by atoms with van der Waals surface area (Å²) >= 11 is 0. The molecule has 0 unspecified atom stereocenters. The molecule has 1 aromatic rings. The first kappa shape index (κ1) is 15.5. The highest BCUT2D eigenvalue weighted by atomic mass is 16.4. The van der Waals surface area contributed by atoms with E-state index in [9.17, 15) is 9.90 Å². The molecule has 3 atom stereocenters. The van der Waals surface area contributed by atoms with E-state index in [0.29, 0.717) is 5.92 Å². The number of fused-ring (bicyclic) bond motifs is 1. The second-order valence-electron chi connectivity index (χ2n) is 5.91. The van der Waals surface area contributed by atoms with Gasteiger partial charge in [0.15, 0.2) is 0 Å². The fraction of sp³-hybridized carbons (Fsp3) is 0.389. The minimum atomic E-state index is -0.955. The molecule has 0 heterocycles. The summed E-state index contributed by atoms with van der Waals surface area (Å²) in [5.74, 6) is -0.301. The van der Waals surface area contributed by atoms with E-state index in [4.69, 9.17) is 5.11 Å². The molecular weight excluding hydrogens is 264 g/mol. The molecule has 21 heavy (non-hydrogen) atoms. The fourth-order valence-corrected chi connectivity index (χ4v) is 3.19. The number of hydrogen-bond donors (Lipinski definition) is 2. The van der Waals surface area contributed by atoms with Crippen LogP contribution in [0.4, 0.5) is 0 Å². The Morgan fingerprint density at radius 2 is 2.00 bits per heavy atom. The van der Waals surface area contributed by atoms with Crippen LogP contribution in [0.3, 0.4) is 0 Å². The Hall–Kier alpha value is -1.87. The van der Waals surface area contributed by atoms with Crippen molar-refractivity contribution in [3.8, 4) is 0 Å². The summed E-state index contributed by atoms with van der Waals surface area (Å²) in [6.45, 7) is 6.30. The van der Waals surface area contributed by atoms with Crippen LogP contribution >= 0.6 is 0 Å².